The molecular formula is C25H21FN4O3. The number of carbonyl (C=O) groups is 1. The van der Waals surface area contributed by atoms with Gasteiger partial charge in [0.15, 0.2) is 0 Å². The van der Waals surface area contributed by atoms with Gasteiger partial charge in [0.1, 0.15) is 23.5 Å². The maximum atomic E-state index is 13.8. The number of nitrogens with one attached hydrogen (secondary N) is 2. The summed E-state index contributed by atoms with van der Waals surface area (Å²) in [7, 11) is 3.12. The minimum absolute atomic E-state index is 0.191. The summed E-state index contributed by atoms with van der Waals surface area (Å²) in [6.07, 6.45) is 1.06. The number of fused-ring (bicyclic) bond motifs is 1. The van der Waals surface area contributed by atoms with Crippen LogP contribution in [0.2, 0.25) is 0 Å². The van der Waals surface area contributed by atoms with Crippen LogP contribution in [0.25, 0.3) is 11.3 Å². The number of aromatic amines is 1. The van der Waals surface area contributed by atoms with Gasteiger partial charge in [0, 0.05) is 22.9 Å². The smallest absolute Gasteiger partial charge is 0.262 e. The Bertz CT molecular complexity index is 1320. The predicted octanol–water partition coefficient (Wildman–Crippen LogP) is 5.00. The van der Waals surface area contributed by atoms with Crippen molar-refractivity contribution in [3.8, 4) is 22.8 Å². The molecule has 4 aromatic rings. The van der Waals surface area contributed by atoms with Crippen molar-refractivity contribution in [2.45, 2.75) is 6.17 Å². The number of rotatable bonds is 5. The van der Waals surface area contributed by atoms with E-state index in [1.165, 1.54) is 12.1 Å². The fraction of sp³-hybridized carbons (Fsp3) is 0.120. The van der Waals surface area contributed by atoms with Crippen LogP contribution in [-0.4, -0.2) is 30.3 Å². The first-order chi connectivity index (χ1) is 16.1. The number of halogens is 1. The molecule has 0 saturated carbocycles. The lowest BCUT2D eigenvalue weighted by Gasteiger charge is -2.38. The van der Waals surface area contributed by atoms with Gasteiger partial charge in [0.05, 0.1) is 37.4 Å². The van der Waals surface area contributed by atoms with E-state index < -0.39 is 6.17 Å². The summed E-state index contributed by atoms with van der Waals surface area (Å²) in [4.78, 5) is 15.4. The standard InChI is InChI=1S/C25H21FN4O3/c1-32-17-11-12-21(22(13-17)33-2)30-24(28-20-6-4-3-5-18(20)25(30)31)19-14-27-29-23(19)15-7-9-16(26)10-8-15/h3-14,24,28H,1-2H3,(H,27,29). The minimum Gasteiger partial charge on any atom is -0.497 e. The number of carbonyl (C=O) groups excluding carboxylic acids is 1. The van der Waals surface area contributed by atoms with Crippen molar-refractivity contribution in [1.29, 1.82) is 0 Å². The molecule has 0 fully saturated rings. The number of nitrogens with zero attached hydrogens (tertiary/aromatic N) is 2. The van der Waals surface area contributed by atoms with Crippen molar-refractivity contribution in [2.24, 2.45) is 0 Å². The molecule has 33 heavy (non-hydrogen) atoms. The first-order valence-corrected chi connectivity index (χ1v) is 10.3. The zero-order chi connectivity index (χ0) is 22.9. The topological polar surface area (TPSA) is 79.5 Å². The molecule has 0 radical (unpaired) electrons. The lowest BCUT2D eigenvalue weighted by atomic mass is 10.00. The van der Waals surface area contributed by atoms with Crippen LogP contribution in [0, 0.1) is 5.82 Å². The summed E-state index contributed by atoms with van der Waals surface area (Å²) in [6, 6.07) is 18.7. The Kier molecular flexibility index (Phi) is 5.18. The average Bonchev–Trinajstić information content (AvgIpc) is 3.34. The summed E-state index contributed by atoms with van der Waals surface area (Å²) in [6.45, 7) is 0. The summed E-state index contributed by atoms with van der Waals surface area (Å²) in [5.41, 5.74) is 3.97. The number of aromatic nitrogens is 2. The van der Waals surface area contributed by atoms with Crippen molar-refractivity contribution in [3.63, 3.8) is 0 Å². The number of hydrogen-bond acceptors (Lipinski definition) is 5. The van der Waals surface area contributed by atoms with Crippen LogP contribution >= 0.6 is 0 Å². The van der Waals surface area contributed by atoms with Crippen LogP contribution in [0.3, 0.4) is 0 Å². The Morgan fingerprint density at radius 3 is 2.55 bits per heavy atom. The maximum absolute atomic E-state index is 13.8. The molecule has 1 aliphatic heterocycles. The molecule has 3 aromatic carbocycles. The minimum atomic E-state index is -0.603. The summed E-state index contributed by atoms with van der Waals surface area (Å²) in [5.74, 6) is 0.578. The van der Waals surface area contributed by atoms with Gasteiger partial charge in [0.25, 0.3) is 5.91 Å². The second kappa shape index (κ2) is 8.31. The van der Waals surface area contributed by atoms with Crippen molar-refractivity contribution < 1.29 is 18.7 Å². The molecule has 1 unspecified atom stereocenters. The van der Waals surface area contributed by atoms with E-state index in [9.17, 15) is 9.18 Å². The fourth-order valence-electron chi connectivity index (χ4n) is 4.05. The quantitative estimate of drug-likeness (QED) is 0.453. The van der Waals surface area contributed by atoms with Gasteiger partial charge in [-0.25, -0.2) is 4.39 Å². The Labute approximate surface area is 189 Å². The third kappa shape index (κ3) is 3.55. The van der Waals surface area contributed by atoms with Gasteiger partial charge in [-0.2, -0.15) is 5.10 Å². The van der Waals surface area contributed by atoms with Gasteiger partial charge < -0.3 is 14.8 Å². The fourth-order valence-corrected chi connectivity index (χ4v) is 4.05. The Morgan fingerprint density at radius 2 is 1.79 bits per heavy atom. The molecule has 0 bridgehead atoms. The predicted molar refractivity (Wildman–Crippen MR) is 123 cm³/mol. The zero-order valence-electron chi connectivity index (χ0n) is 18.0. The third-order valence-electron chi connectivity index (χ3n) is 5.67. The van der Waals surface area contributed by atoms with E-state index in [0.717, 1.165) is 11.1 Å². The highest BCUT2D eigenvalue weighted by Gasteiger charge is 2.37. The van der Waals surface area contributed by atoms with E-state index in [0.29, 0.717) is 34.1 Å². The molecule has 1 atom stereocenters. The van der Waals surface area contributed by atoms with E-state index >= 15 is 0 Å². The highest BCUT2D eigenvalue weighted by molar-refractivity contribution is 6.13. The molecule has 7 nitrogen and oxygen atoms in total. The van der Waals surface area contributed by atoms with Crippen molar-refractivity contribution in [3.05, 3.63) is 89.9 Å². The van der Waals surface area contributed by atoms with Crippen molar-refractivity contribution in [2.75, 3.05) is 24.4 Å². The van der Waals surface area contributed by atoms with Crippen molar-refractivity contribution >= 4 is 17.3 Å². The Hall–Kier alpha value is -4.33. The Morgan fingerprint density at radius 1 is 1.00 bits per heavy atom. The maximum Gasteiger partial charge on any atom is 0.262 e. The Balaban J connectivity index is 1.68. The largest absolute Gasteiger partial charge is 0.497 e. The number of amides is 1. The molecule has 8 heteroatoms. The molecule has 0 saturated heterocycles. The summed E-state index contributed by atoms with van der Waals surface area (Å²) < 4.78 is 24.4. The number of hydrogen-bond donors (Lipinski definition) is 2. The second-order valence-corrected chi connectivity index (χ2v) is 7.51. The molecule has 1 aromatic heterocycles. The lowest BCUT2D eigenvalue weighted by molar-refractivity contribution is 0.0974. The number of benzene rings is 3. The van der Waals surface area contributed by atoms with Gasteiger partial charge in [-0.3, -0.25) is 14.8 Å². The van der Waals surface area contributed by atoms with Gasteiger partial charge in [0.2, 0.25) is 0 Å². The van der Waals surface area contributed by atoms with Crippen LogP contribution in [0.15, 0.2) is 72.9 Å². The van der Waals surface area contributed by atoms with Crippen molar-refractivity contribution in [1.82, 2.24) is 10.2 Å². The van der Waals surface area contributed by atoms with Gasteiger partial charge in [-0.15, -0.1) is 0 Å². The van der Waals surface area contributed by atoms with E-state index in [1.54, 1.807) is 61.7 Å². The van der Waals surface area contributed by atoms with Crippen LogP contribution in [-0.2, 0) is 0 Å². The highest BCUT2D eigenvalue weighted by atomic mass is 19.1. The molecule has 166 valence electrons. The second-order valence-electron chi connectivity index (χ2n) is 7.51. The van der Waals surface area contributed by atoms with E-state index in [1.807, 2.05) is 18.2 Å². The van der Waals surface area contributed by atoms with Crippen LogP contribution in [0.5, 0.6) is 11.5 Å². The van der Waals surface area contributed by atoms with Gasteiger partial charge >= 0.3 is 0 Å². The van der Waals surface area contributed by atoms with Crippen LogP contribution < -0.4 is 19.7 Å². The van der Waals surface area contributed by atoms with E-state index in [4.69, 9.17) is 9.47 Å². The van der Waals surface area contributed by atoms with E-state index in [-0.39, 0.29) is 11.7 Å². The lowest BCUT2D eigenvalue weighted by Crippen LogP contribution is -2.43. The van der Waals surface area contributed by atoms with Gasteiger partial charge in [-0.1, -0.05) is 12.1 Å². The molecule has 0 aliphatic carbocycles. The number of H-pyrrole nitrogens is 1. The summed E-state index contributed by atoms with van der Waals surface area (Å²) in [5, 5.41) is 10.7. The molecule has 5 rings (SSSR count). The summed E-state index contributed by atoms with van der Waals surface area (Å²) >= 11 is 0. The normalized spacial score (nSPS) is 15.1. The average molecular weight is 444 g/mol. The molecule has 0 spiro atoms. The molecule has 2 heterocycles. The van der Waals surface area contributed by atoms with Crippen LogP contribution in [0.1, 0.15) is 22.1 Å². The van der Waals surface area contributed by atoms with E-state index in [2.05, 4.69) is 15.5 Å². The highest BCUT2D eigenvalue weighted by Crippen LogP contribution is 2.43. The number of anilines is 2. The first-order valence-electron chi connectivity index (χ1n) is 10.3. The third-order valence-corrected chi connectivity index (χ3v) is 5.67. The number of para-hydroxylation sites is 1. The zero-order valence-corrected chi connectivity index (χ0v) is 18.0. The van der Waals surface area contributed by atoms with Gasteiger partial charge in [-0.05, 0) is 48.5 Å². The number of ether oxygens (including phenoxy) is 2. The molecule has 1 aliphatic rings. The molecule has 1 amide bonds. The SMILES string of the molecule is COc1ccc(N2C(=O)c3ccccc3NC2c2cn[nH]c2-c2ccc(F)cc2)c(OC)c1. The van der Waals surface area contributed by atoms with Crippen LogP contribution in [0.4, 0.5) is 15.8 Å². The molecule has 2 N–H and O–H groups in total. The molecular weight excluding hydrogens is 423 g/mol. The number of methoxy groups -OCH3 is 2. The monoisotopic (exact) mass is 444 g/mol. The first kappa shape index (κ1) is 20.6.